The molecule has 1 amide bonds. The van der Waals surface area contributed by atoms with E-state index in [9.17, 15) is 13.2 Å². The minimum atomic E-state index is -4.31. The number of methoxy groups -OCH3 is 3. The molecule has 0 unspecified atom stereocenters. The predicted octanol–water partition coefficient (Wildman–Crippen LogP) is 4.86. The second-order valence-corrected chi connectivity index (χ2v) is 10.8. The lowest BCUT2D eigenvalue weighted by Gasteiger charge is -2.26. The molecule has 1 N–H and O–H groups in total. The lowest BCUT2D eigenvalue weighted by atomic mass is 10.1. The predicted molar refractivity (Wildman–Crippen MR) is 147 cm³/mol. The van der Waals surface area contributed by atoms with E-state index in [-0.39, 0.29) is 27.1 Å². The molecule has 9 nitrogen and oxygen atoms in total. The number of carbonyl (C=O) groups is 1. The maximum atomic E-state index is 13.8. The fraction of sp³-hybridized carbons (Fsp3) is 0.200. The van der Waals surface area contributed by atoms with E-state index in [1.54, 1.807) is 13.0 Å². The Bertz CT molecular complexity index is 1410. The third-order valence-electron chi connectivity index (χ3n) is 5.25. The first kappa shape index (κ1) is 28.3. The van der Waals surface area contributed by atoms with Crippen molar-refractivity contribution in [3.05, 3.63) is 75.7 Å². The number of hydrogen-bond donors (Lipinski definition) is 1. The summed E-state index contributed by atoms with van der Waals surface area (Å²) in [6.07, 6.45) is 0. The van der Waals surface area contributed by atoms with Gasteiger partial charge >= 0.3 is 0 Å². The second kappa shape index (κ2) is 12.3. The molecular formula is C25H25BrClN3O6S. The van der Waals surface area contributed by atoms with Crippen molar-refractivity contribution >= 4 is 54.9 Å². The van der Waals surface area contributed by atoms with Crippen molar-refractivity contribution in [2.45, 2.75) is 11.8 Å². The zero-order valence-corrected chi connectivity index (χ0v) is 23.6. The quantitative estimate of drug-likeness (QED) is 0.260. The molecule has 3 aromatic rings. The number of carbonyl (C=O) groups excluding carboxylic acids is 1. The van der Waals surface area contributed by atoms with Crippen molar-refractivity contribution in [1.29, 1.82) is 0 Å². The van der Waals surface area contributed by atoms with Crippen LogP contribution in [0.4, 0.5) is 5.69 Å². The van der Waals surface area contributed by atoms with Crippen LogP contribution in [-0.4, -0.2) is 47.9 Å². The van der Waals surface area contributed by atoms with Crippen molar-refractivity contribution in [3.63, 3.8) is 0 Å². The van der Waals surface area contributed by atoms with Gasteiger partial charge in [-0.25, -0.2) is 13.8 Å². The number of hydrogen-bond acceptors (Lipinski definition) is 7. The van der Waals surface area contributed by atoms with Crippen molar-refractivity contribution in [3.8, 4) is 17.2 Å². The van der Waals surface area contributed by atoms with Gasteiger partial charge in [0.15, 0.2) is 11.5 Å². The van der Waals surface area contributed by atoms with E-state index < -0.39 is 22.5 Å². The topological polar surface area (TPSA) is 107 Å². The maximum Gasteiger partial charge on any atom is 0.265 e. The summed E-state index contributed by atoms with van der Waals surface area (Å²) in [4.78, 5) is 12.8. The van der Waals surface area contributed by atoms with Crippen LogP contribution in [0, 0.1) is 0 Å². The summed E-state index contributed by atoms with van der Waals surface area (Å²) in [5.74, 6) is 0.0860. The Labute approximate surface area is 229 Å². The Morgan fingerprint density at radius 2 is 1.57 bits per heavy atom. The number of halogens is 2. The van der Waals surface area contributed by atoms with Crippen LogP contribution < -0.4 is 23.9 Å². The number of ether oxygens (including phenoxy) is 3. The van der Waals surface area contributed by atoms with E-state index >= 15 is 0 Å². The minimum absolute atomic E-state index is 0.0774. The van der Waals surface area contributed by atoms with Crippen LogP contribution in [0.2, 0.25) is 5.02 Å². The number of nitrogens with zero attached hydrogens (tertiary/aromatic N) is 2. The molecule has 3 rings (SSSR count). The van der Waals surface area contributed by atoms with Crippen LogP contribution in [0.15, 0.2) is 75.1 Å². The number of anilines is 1. The van der Waals surface area contributed by atoms with E-state index in [0.29, 0.717) is 11.5 Å². The minimum Gasteiger partial charge on any atom is -0.495 e. The number of sulfonamides is 1. The maximum absolute atomic E-state index is 13.8. The van der Waals surface area contributed by atoms with Crippen LogP contribution in [0.5, 0.6) is 17.2 Å². The van der Waals surface area contributed by atoms with Crippen LogP contribution in [0.25, 0.3) is 0 Å². The van der Waals surface area contributed by atoms with E-state index in [1.165, 1.54) is 51.7 Å². The Kier molecular flexibility index (Phi) is 9.41. The molecule has 0 heterocycles. The fourth-order valence-electron chi connectivity index (χ4n) is 3.33. The van der Waals surface area contributed by atoms with Gasteiger partial charge in [-0.05, 0) is 55.0 Å². The van der Waals surface area contributed by atoms with E-state index in [2.05, 4.69) is 26.5 Å². The zero-order valence-electron chi connectivity index (χ0n) is 20.5. The monoisotopic (exact) mass is 609 g/mol. The van der Waals surface area contributed by atoms with Gasteiger partial charge < -0.3 is 14.2 Å². The molecule has 0 bridgehead atoms. The summed E-state index contributed by atoms with van der Waals surface area (Å²) in [5, 5.41) is 4.38. The first-order valence-corrected chi connectivity index (χ1v) is 13.4. The Morgan fingerprint density at radius 1 is 0.946 bits per heavy atom. The summed E-state index contributed by atoms with van der Waals surface area (Å²) < 4.78 is 45.3. The first-order valence-electron chi connectivity index (χ1n) is 10.8. The highest BCUT2D eigenvalue weighted by atomic mass is 79.9. The SMILES string of the molecule is COc1ccc(S(=O)(=O)N(CC(=O)N/N=C(/C)c2ccc(Br)cc2)c2cc(Cl)ccc2OC)cc1OC. The molecule has 0 fully saturated rings. The molecule has 3 aromatic carbocycles. The summed E-state index contributed by atoms with van der Waals surface area (Å²) in [6.45, 7) is 1.12. The van der Waals surface area contributed by atoms with Crippen molar-refractivity contribution in [2.24, 2.45) is 5.10 Å². The van der Waals surface area contributed by atoms with Gasteiger partial charge in [0.1, 0.15) is 12.3 Å². The van der Waals surface area contributed by atoms with Gasteiger partial charge in [0.05, 0.1) is 37.6 Å². The summed E-state index contributed by atoms with van der Waals surface area (Å²) >= 11 is 9.55. The van der Waals surface area contributed by atoms with Crippen molar-refractivity contribution < 1.29 is 27.4 Å². The Balaban J connectivity index is 2.00. The number of hydrazone groups is 1. The molecule has 0 radical (unpaired) electrons. The van der Waals surface area contributed by atoms with Gasteiger partial charge in [0.2, 0.25) is 0 Å². The fourth-order valence-corrected chi connectivity index (χ4v) is 5.20. The van der Waals surface area contributed by atoms with E-state index in [0.717, 1.165) is 14.3 Å². The van der Waals surface area contributed by atoms with Gasteiger partial charge in [-0.15, -0.1) is 0 Å². The molecule has 12 heteroatoms. The van der Waals surface area contributed by atoms with Gasteiger partial charge in [-0.1, -0.05) is 39.7 Å². The molecule has 0 aliphatic heterocycles. The molecule has 0 aliphatic rings. The second-order valence-electron chi connectivity index (χ2n) is 7.58. The Hall–Kier alpha value is -3.28. The number of amides is 1. The van der Waals surface area contributed by atoms with Crippen molar-refractivity contribution in [1.82, 2.24) is 5.43 Å². The average molecular weight is 611 g/mol. The van der Waals surface area contributed by atoms with Gasteiger partial charge in [-0.2, -0.15) is 5.10 Å². The molecule has 0 saturated heterocycles. The highest BCUT2D eigenvalue weighted by molar-refractivity contribution is 9.10. The smallest absolute Gasteiger partial charge is 0.265 e. The van der Waals surface area contributed by atoms with Crippen LogP contribution in [-0.2, 0) is 14.8 Å². The molecule has 0 atom stereocenters. The van der Waals surface area contributed by atoms with E-state index in [1.807, 2.05) is 24.3 Å². The largest absolute Gasteiger partial charge is 0.495 e. The van der Waals surface area contributed by atoms with E-state index in [4.69, 9.17) is 25.8 Å². The molecule has 0 aromatic heterocycles. The highest BCUT2D eigenvalue weighted by Gasteiger charge is 2.30. The van der Waals surface area contributed by atoms with Crippen LogP contribution >= 0.6 is 27.5 Å². The number of nitrogens with one attached hydrogen (secondary N) is 1. The van der Waals surface area contributed by atoms with Crippen molar-refractivity contribution in [2.75, 3.05) is 32.2 Å². The molecule has 0 spiro atoms. The summed E-state index contributed by atoms with van der Waals surface area (Å²) in [7, 11) is -0.0834. The highest BCUT2D eigenvalue weighted by Crippen LogP contribution is 2.37. The summed E-state index contributed by atoms with van der Waals surface area (Å²) in [5.41, 5.74) is 3.83. The third-order valence-corrected chi connectivity index (χ3v) is 7.77. The molecule has 0 saturated carbocycles. The molecule has 196 valence electrons. The third kappa shape index (κ3) is 6.73. The standard InChI is InChI=1S/C25H25BrClN3O6S/c1-16(17-5-7-18(26)8-6-17)28-29-25(31)15-30(21-13-19(27)9-11-22(21)34-2)37(32,33)20-10-12-23(35-3)24(14-20)36-4/h5-14H,15H2,1-4H3,(H,29,31)/b28-16-. The average Bonchev–Trinajstić information content (AvgIpc) is 2.90. The normalized spacial score (nSPS) is 11.6. The first-order chi connectivity index (χ1) is 17.6. The molecule has 37 heavy (non-hydrogen) atoms. The zero-order chi connectivity index (χ0) is 27.2. The molecular weight excluding hydrogens is 586 g/mol. The lowest BCUT2D eigenvalue weighted by Crippen LogP contribution is -2.40. The lowest BCUT2D eigenvalue weighted by molar-refractivity contribution is -0.119. The van der Waals surface area contributed by atoms with Crippen LogP contribution in [0.1, 0.15) is 12.5 Å². The van der Waals surface area contributed by atoms with Crippen LogP contribution in [0.3, 0.4) is 0 Å². The number of benzene rings is 3. The molecule has 0 aliphatic carbocycles. The van der Waals surface area contributed by atoms with Gasteiger partial charge in [0.25, 0.3) is 15.9 Å². The van der Waals surface area contributed by atoms with Gasteiger partial charge in [0, 0.05) is 15.6 Å². The Morgan fingerprint density at radius 3 is 2.19 bits per heavy atom. The summed E-state index contributed by atoms with van der Waals surface area (Å²) in [6, 6.07) is 16.0. The van der Waals surface area contributed by atoms with Gasteiger partial charge in [-0.3, -0.25) is 9.10 Å². The number of rotatable bonds is 10.